The number of carbonyl (C=O) groups is 1. The SMILES string of the molecule is COCc1ccc(C(CN)C(=O)OC2CC3CCC(C2)N3C)cc1. The number of ether oxygens (including phenoxy) is 2. The maximum atomic E-state index is 12.6. The molecular weight excluding hydrogens is 304 g/mol. The molecule has 2 N–H and O–H groups in total. The first-order chi connectivity index (χ1) is 11.6. The van der Waals surface area contributed by atoms with E-state index < -0.39 is 0 Å². The summed E-state index contributed by atoms with van der Waals surface area (Å²) in [6.07, 6.45) is 4.37. The van der Waals surface area contributed by atoms with E-state index in [2.05, 4.69) is 11.9 Å². The first kappa shape index (κ1) is 17.4. The van der Waals surface area contributed by atoms with Crippen molar-refractivity contribution in [3.05, 3.63) is 35.4 Å². The van der Waals surface area contributed by atoms with Crippen LogP contribution in [0.5, 0.6) is 0 Å². The number of hydrogen-bond donors (Lipinski definition) is 1. The van der Waals surface area contributed by atoms with Crippen molar-refractivity contribution in [2.24, 2.45) is 5.73 Å². The van der Waals surface area contributed by atoms with Gasteiger partial charge in [0.25, 0.3) is 0 Å². The van der Waals surface area contributed by atoms with Crippen molar-refractivity contribution >= 4 is 5.97 Å². The van der Waals surface area contributed by atoms with Gasteiger partial charge in [-0.2, -0.15) is 0 Å². The van der Waals surface area contributed by atoms with E-state index in [9.17, 15) is 4.79 Å². The van der Waals surface area contributed by atoms with Crippen LogP contribution in [0, 0.1) is 0 Å². The summed E-state index contributed by atoms with van der Waals surface area (Å²) in [5.41, 5.74) is 7.86. The average molecular weight is 332 g/mol. The van der Waals surface area contributed by atoms with Crippen molar-refractivity contribution < 1.29 is 14.3 Å². The molecule has 2 fully saturated rings. The third-order valence-corrected chi connectivity index (χ3v) is 5.55. The zero-order chi connectivity index (χ0) is 17.1. The molecule has 2 saturated heterocycles. The lowest BCUT2D eigenvalue weighted by molar-refractivity contribution is -0.154. The highest BCUT2D eigenvalue weighted by molar-refractivity contribution is 5.78. The Kier molecular flexibility index (Phi) is 5.54. The van der Waals surface area contributed by atoms with Crippen molar-refractivity contribution in [3.8, 4) is 0 Å². The molecule has 2 heterocycles. The molecule has 3 unspecified atom stereocenters. The average Bonchev–Trinajstić information content (AvgIpc) is 2.79. The number of fused-ring (bicyclic) bond motifs is 2. The Balaban J connectivity index is 1.62. The number of benzene rings is 1. The lowest BCUT2D eigenvalue weighted by atomic mass is 9.97. The first-order valence-corrected chi connectivity index (χ1v) is 8.82. The smallest absolute Gasteiger partial charge is 0.314 e. The Labute approximate surface area is 144 Å². The Bertz CT molecular complexity index is 546. The maximum Gasteiger partial charge on any atom is 0.314 e. The minimum absolute atomic E-state index is 0.0352. The topological polar surface area (TPSA) is 64.8 Å². The minimum atomic E-state index is -0.390. The van der Waals surface area contributed by atoms with Gasteiger partial charge in [0.15, 0.2) is 0 Å². The van der Waals surface area contributed by atoms with Gasteiger partial charge in [0, 0.05) is 25.7 Å². The van der Waals surface area contributed by atoms with E-state index in [0.29, 0.717) is 18.7 Å². The standard InChI is InChI=1S/C19H28N2O3/c1-21-15-7-8-16(21)10-17(9-15)24-19(22)18(11-20)14-5-3-13(4-6-14)12-23-2/h3-6,15-18H,7-12,20H2,1-2H3. The fourth-order valence-corrected chi connectivity index (χ4v) is 4.09. The van der Waals surface area contributed by atoms with Gasteiger partial charge in [-0.1, -0.05) is 24.3 Å². The van der Waals surface area contributed by atoms with Crippen LogP contribution in [-0.2, 0) is 20.9 Å². The second-order valence-corrected chi connectivity index (χ2v) is 7.04. The molecule has 0 amide bonds. The highest BCUT2D eigenvalue weighted by Crippen LogP contribution is 2.36. The van der Waals surface area contributed by atoms with Crippen LogP contribution in [0.1, 0.15) is 42.7 Å². The van der Waals surface area contributed by atoms with Crippen LogP contribution in [-0.4, -0.2) is 49.8 Å². The van der Waals surface area contributed by atoms with Crippen LogP contribution in [0.2, 0.25) is 0 Å². The van der Waals surface area contributed by atoms with E-state index in [1.807, 2.05) is 24.3 Å². The Morgan fingerprint density at radius 1 is 1.25 bits per heavy atom. The number of piperidine rings is 1. The summed E-state index contributed by atoms with van der Waals surface area (Å²) < 4.78 is 11.0. The largest absolute Gasteiger partial charge is 0.462 e. The summed E-state index contributed by atoms with van der Waals surface area (Å²) in [7, 11) is 3.85. The van der Waals surface area contributed by atoms with Crippen molar-refractivity contribution in [2.75, 3.05) is 20.7 Å². The monoisotopic (exact) mass is 332 g/mol. The van der Waals surface area contributed by atoms with Gasteiger partial charge in [-0.3, -0.25) is 4.79 Å². The zero-order valence-corrected chi connectivity index (χ0v) is 14.6. The molecule has 3 rings (SSSR count). The molecule has 24 heavy (non-hydrogen) atoms. The number of methoxy groups -OCH3 is 1. The zero-order valence-electron chi connectivity index (χ0n) is 14.6. The van der Waals surface area contributed by atoms with Gasteiger partial charge in [-0.05, 0) is 43.9 Å². The fourth-order valence-electron chi connectivity index (χ4n) is 4.09. The van der Waals surface area contributed by atoms with Gasteiger partial charge < -0.3 is 20.1 Å². The molecule has 2 aliphatic rings. The van der Waals surface area contributed by atoms with Crippen LogP contribution >= 0.6 is 0 Å². The second-order valence-electron chi connectivity index (χ2n) is 7.04. The predicted molar refractivity (Wildman–Crippen MR) is 92.6 cm³/mol. The van der Waals surface area contributed by atoms with Crippen LogP contribution in [0.15, 0.2) is 24.3 Å². The van der Waals surface area contributed by atoms with E-state index in [1.165, 1.54) is 12.8 Å². The third kappa shape index (κ3) is 3.63. The van der Waals surface area contributed by atoms with Gasteiger partial charge >= 0.3 is 5.97 Å². The fraction of sp³-hybridized carbons (Fsp3) is 0.632. The normalized spacial score (nSPS) is 27.9. The molecule has 5 heteroatoms. The molecular formula is C19H28N2O3. The van der Waals surface area contributed by atoms with Crippen molar-refractivity contribution in [1.29, 1.82) is 0 Å². The molecule has 2 bridgehead atoms. The van der Waals surface area contributed by atoms with Crippen molar-refractivity contribution in [2.45, 2.75) is 56.4 Å². The number of hydrogen-bond acceptors (Lipinski definition) is 5. The third-order valence-electron chi connectivity index (χ3n) is 5.55. The lowest BCUT2D eigenvalue weighted by Crippen LogP contribution is -2.44. The highest BCUT2D eigenvalue weighted by Gasteiger charge is 2.40. The Morgan fingerprint density at radius 2 is 1.88 bits per heavy atom. The summed E-state index contributed by atoms with van der Waals surface area (Å²) in [5.74, 6) is -0.579. The molecule has 2 aliphatic heterocycles. The van der Waals surface area contributed by atoms with E-state index >= 15 is 0 Å². The Morgan fingerprint density at radius 3 is 2.42 bits per heavy atom. The second kappa shape index (κ2) is 7.64. The molecule has 0 aromatic heterocycles. The van der Waals surface area contributed by atoms with Gasteiger partial charge in [0.2, 0.25) is 0 Å². The van der Waals surface area contributed by atoms with Crippen LogP contribution in [0.25, 0.3) is 0 Å². The van der Waals surface area contributed by atoms with Crippen molar-refractivity contribution in [3.63, 3.8) is 0 Å². The molecule has 1 aromatic carbocycles. The van der Waals surface area contributed by atoms with Gasteiger partial charge in [-0.15, -0.1) is 0 Å². The number of rotatable bonds is 6. The van der Waals surface area contributed by atoms with Crippen LogP contribution in [0.3, 0.4) is 0 Å². The van der Waals surface area contributed by atoms with E-state index in [4.69, 9.17) is 15.2 Å². The first-order valence-electron chi connectivity index (χ1n) is 8.82. The van der Waals surface area contributed by atoms with E-state index in [0.717, 1.165) is 24.0 Å². The van der Waals surface area contributed by atoms with Gasteiger partial charge in [0.05, 0.1) is 12.5 Å². The lowest BCUT2D eigenvalue weighted by Gasteiger charge is -2.36. The van der Waals surface area contributed by atoms with Gasteiger partial charge in [0.1, 0.15) is 6.10 Å². The molecule has 132 valence electrons. The minimum Gasteiger partial charge on any atom is -0.462 e. The number of nitrogens with zero attached hydrogens (tertiary/aromatic N) is 1. The highest BCUT2D eigenvalue weighted by atomic mass is 16.5. The summed E-state index contributed by atoms with van der Waals surface area (Å²) in [6, 6.07) is 8.98. The molecule has 0 radical (unpaired) electrons. The van der Waals surface area contributed by atoms with Gasteiger partial charge in [-0.25, -0.2) is 0 Å². The Hall–Kier alpha value is -1.43. The van der Waals surface area contributed by atoms with Crippen LogP contribution < -0.4 is 5.73 Å². The number of carbonyl (C=O) groups excluding carboxylic acids is 1. The van der Waals surface area contributed by atoms with E-state index in [-0.39, 0.29) is 24.5 Å². The maximum absolute atomic E-state index is 12.6. The number of esters is 1. The summed E-state index contributed by atoms with van der Waals surface area (Å²) in [5, 5.41) is 0. The predicted octanol–water partition coefficient (Wildman–Crippen LogP) is 2.04. The van der Waals surface area contributed by atoms with Crippen molar-refractivity contribution in [1.82, 2.24) is 4.90 Å². The van der Waals surface area contributed by atoms with E-state index in [1.54, 1.807) is 7.11 Å². The molecule has 0 spiro atoms. The molecule has 5 nitrogen and oxygen atoms in total. The van der Waals surface area contributed by atoms with Crippen LogP contribution in [0.4, 0.5) is 0 Å². The number of nitrogens with two attached hydrogens (primary N) is 1. The quantitative estimate of drug-likeness (QED) is 0.808. The summed E-state index contributed by atoms with van der Waals surface area (Å²) >= 11 is 0. The molecule has 0 aliphatic carbocycles. The molecule has 0 saturated carbocycles. The molecule has 1 aromatic rings. The summed E-state index contributed by atoms with van der Waals surface area (Å²) in [4.78, 5) is 15.1. The summed E-state index contributed by atoms with van der Waals surface area (Å²) in [6.45, 7) is 0.832. The molecule has 3 atom stereocenters.